The molecule has 6 rings (SSSR count). The van der Waals surface area contributed by atoms with Gasteiger partial charge in [-0.2, -0.15) is 0 Å². The van der Waals surface area contributed by atoms with Crippen molar-refractivity contribution >= 4 is 28.8 Å². The van der Waals surface area contributed by atoms with Gasteiger partial charge in [-0.15, -0.1) is 11.5 Å². The predicted octanol–water partition coefficient (Wildman–Crippen LogP) is 7.68. The van der Waals surface area contributed by atoms with Crippen LogP contribution in [0.1, 0.15) is 12.0 Å². The molecule has 0 saturated heterocycles. The van der Waals surface area contributed by atoms with Crippen LogP contribution in [-0.4, -0.2) is 14.1 Å². The van der Waals surface area contributed by atoms with Gasteiger partial charge in [0.2, 0.25) is 0 Å². The van der Waals surface area contributed by atoms with E-state index in [1.165, 1.54) is 11.3 Å². The minimum absolute atomic E-state index is 0.910. The van der Waals surface area contributed by atoms with Gasteiger partial charge < -0.3 is 9.32 Å². The molecule has 0 radical (unpaired) electrons. The second-order valence-corrected chi connectivity index (χ2v) is 8.69. The number of nitrogens with zero attached hydrogens (tertiary/aromatic N) is 1. The zero-order chi connectivity index (χ0) is 26.8. The van der Waals surface area contributed by atoms with Crippen molar-refractivity contribution < 1.29 is 4.42 Å². The lowest BCUT2D eigenvalue weighted by atomic mass is 10.2. The predicted molar refractivity (Wildman–Crippen MR) is 165 cm³/mol. The zero-order valence-electron chi connectivity index (χ0n) is 22.4. The summed E-state index contributed by atoms with van der Waals surface area (Å²) < 4.78 is 5.69. The Morgan fingerprint density at radius 1 is 0.658 bits per heavy atom. The van der Waals surface area contributed by atoms with Crippen LogP contribution in [0.2, 0.25) is 0 Å². The molecule has 2 aliphatic carbocycles. The topological polar surface area (TPSA) is 16.4 Å². The van der Waals surface area contributed by atoms with Gasteiger partial charge in [-0.25, -0.2) is 0 Å². The number of fused-ring (bicyclic) bond motifs is 3. The highest BCUT2D eigenvalue weighted by molar-refractivity contribution is 5.79. The molecule has 4 aromatic rings. The molecule has 0 atom stereocenters. The van der Waals surface area contributed by atoms with Crippen LogP contribution >= 0.6 is 0 Å². The van der Waals surface area contributed by atoms with E-state index in [0.29, 0.717) is 0 Å². The van der Waals surface area contributed by atoms with Crippen LogP contribution in [0.3, 0.4) is 0 Å². The molecule has 0 N–H and O–H groups in total. The number of hydrogen-bond acceptors (Lipinski definition) is 2. The average molecular weight is 498 g/mol. The van der Waals surface area contributed by atoms with Crippen molar-refractivity contribution in [1.29, 1.82) is 0 Å². The van der Waals surface area contributed by atoms with Gasteiger partial charge in [0.05, 0.1) is 0 Å². The summed E-state index contributed by atoms with van der Waals surface area (Å²) in [6.45, 7) is 2.08. The largest absolute Gasteiger partial charge is 0.456 e. The van der Waals surface area contributed by atoms with Crippen LogP contribution in [0, 0.1) is 6.92 Å². The minimum Gasteiger partial charge on any atom is -0.456 e. The maximum absolute atomic E-state index is 5.69. The summed E-state index contributed by atoms with van der Waals surface area (Å²) in [6.07, 6.45) is 20.8. The van der Waals surface area contributed by atoms with Crippen molar-refractivity contribution in [2.45, 2.75) is 13.3 Å². The monoisotopic (exact) mass is 497 g/mol. The van der Waals surface area contributed by atoms with Crippen LogP contribution < -0.4 is 15.5 Å². The number of rotatable bonds is 1. The van der Waals surface area contributed by atoms with Gasteiger partial charge in [0, 0.05) is 30.4 Å². The van der Waals surface area contributed by atoms with Gasteiger partial charge in [0.25, 0.3) is 0 Å². The minimum atomic E-state index is 0.910. The third-order valence-electron chi connectivity index (χ3n) is 5.48. The third-order valence-corrected chi connectivity index (χ3v) is 5.48. The van der Waals surface area contributed by atoms with E-state index in [1.54, 1.807) is 0 Å². The molecule has 1 aromatic heterocycles. The van der Waals surface area contributed by atoms with Crippen molar-refractivity contribution in [3.05, 3.63) is 161 Å². The third kappa shape index (κ3) is 9.72. The summed E-state index contributed by atoms with van der Waals surface area (Å²) >= 11 is 0. The fraction of sp³-hybridized carbons (Fsp3) is 0.111. The summed E-state index contributed by atoms with van der Waals surface area (Å²) in [5.74, 6) is 0. The molecule has 190 valence electrons. The lowest BCUT2D eigenvalue weighted by molar-refractivity contribution is 0.576. The molecule has 2 nitrogen and oxygen atoms in total. The zero-order valence-corrected chi connectivity index (χ0v) is 22.4. The number of hydrogen-bond donors (Lipinski definition) is 0. The van der Waals surface area contributed by atoms with Crippen molar-refractivity contribution in [2.75, 3.05) is 19.0 Å². The van der Waals surface area contributed by atoms with Gasteiger partial charge in [-0.3, -0.25) is 0 Å². The van der Waals surface area contributed by atoms with E-state index < -0.39 is 0 Å². The van der Waals surface area contributed by atoms with Gasteiger partial charge in [-0.1, -0.05) is 96.6 Å². The molecule has 0 fully saturated rings. The first-order chi connectivity index (χ1) is 18.6. The molecule has 0 saturated carbocycles. The van der Waals surface area contributed by atoms with E-state index in [-0.39, 0.29) is 0 Å². The second kappa shape index (κ2) is 16.1. The highest BCUT2D eigenvalue weighted by Crippen LogP contribution is 2.08. The Morgan fingerprint density at radius 2 is 1.24 bits per heavy atom. The standard InChI is InChI=1S/C13H8O.C8H11N.C8H8.C7H8/c1-2-6-10-11-7-4-5-9-13(11)14-12(10)8-3-1;1-9(2)8-6-4-3-5-7-8;1-2-4-6-8-7-5-3-1;1-7-5-3-2-4-6-7/h2-9H;3-7H,1-2H3;1-3,6-8H,4H2;2-6H,1H3/b;;2-1-,8-6-;. The van der Waals surface area contributed by atoms with Crippen LogP contribution in [0.25, 0.3) is 23.1 Å². The van der Waals surface area contributed by atoms with E-state index in [9.17, 15) is 0 Å². The summed E-state index contributed by atoms with van der Waals surface area (Å²) in [7, 11) is 4.07. The Hall–Kier alpha value is -4.74. The Kier molecular flexibility index (Phi) is 11.8. The fourth-order valence-corrected chi connectivity index (χ4v) is 3.49. The fourth-order valence-electron chi connectivity index (χ4n) is 3.49. The molecular weight excluding hydrogens is 462 g/mol. The molecule has 3 aromatic carbocycles. The van der Waals surface area contributed by atoms with Crippen molar-refractivity contribution in [3.63, 3.8) is 0 Å². The second-order valence-electron chi connectivity index (χ2n) is 8.69. The van der Waals surface area contributed by atoms with Crippen LogP contribution in [0.15, 0.2) is 149 Å². The summed E-state index contributed by atoms with van der Waals surface area (Å²) in [5.41, 5.74) is 10.4. The Balaban J connectivity index is 0.000000147. The van der Waals surface area contributed by atoms with Gasteiger partial charge >= 0.3 is 0 Å². The van der Waals surface area contributed by atoms with E-state index in [1.807, 2.05) is 117 Å². The SMILES string of the molecule is C1=C/C=C\C/C=C\C=1.C1=CC=c2oc3ccccc3c2=CC=1.CN(C)c1ccccc1.Cc1ccccc1. The molecular formula is C36H35NO. The molecule has 0 bridgehead atoms. The first-order valence-corrected chi connectivity index (χ1v) is 12.7. The van der Waals surface area contributed by atoms with Crippen molar-refractivity contribution in [2.24, 2.45) is 0 Å². The number of aryl methyl sites for hydroxylation is 1. The van der Waals surface area contributed by atoms with Crippen LogP contribution in [-0.2, 0) is 0 Å². The average Bonchev–Trinajstić information content (AvgIpc) is 3.11. The maximum atomic E-state index is 5.69. The molecule has 38 heavy (non-hydrogen) atoms. The van der Waals surface area contributed by atoms with E-state index in [0.717, 1.165) is 28.0 Å². The smallest absolute Gasteiger partial charge is 0.136 e. The Morgan fingerprint density at radius 3 is 1.84 bits per heavy atom. The molecule has 1 heterocycles. The van der Waals surface area contributed by atoms with E-state index >= 15 is 0 Å². The molecule has 0 amide bonds. The highest BCUT2D eigenvalue weighted by atomic mass is 16.3. The number of furan rings is 1. The normalized spacial score (nSPS) is 13.7. The van der Waals surface area contributed by atoms with Gasteiger partial charge in [0.1, 0.15) is 11.0 Å². The number of anilines is 1. The van der Waals surface area contributed by atoms with Gasteiger partial charge in [-0.05, 0) is 68.0 Å². The molecule has 2 heteroatoms. The number of allylic oxidation sites excluding steroid dienone is 6. The lowest BCUT2D eigenvalue weighted by Gasteiger charge is -2.10. The molecule has 0 spiro atoms. The first-order valence-electron chi connectivity index (χ1n) is 12.7. The maximum Gasteiger partial charge on any atom is 0.136 e. The lowest BCUT2D eigenvalue weighted by Crippen LogP contribution is -2.18. The number of benzene rings is 3. The quantitative estimate of drug-likeness (QED) is 0.251. The summed E-state index contributed by atoms with van der Waals surface area (Å²) in [6, 6.07) is 28.6. The Bertz CT molecular complexity index is 1550. The van der Waals surface area contributed by atoms with E-state index in [4.69, 9.17) is 4.42 Å². The number of para-hydroxylation sites is 2. The molecule has 0 aliphatic heterocycles. The van der Waals surface area contributed by atoms with Gasteiger partial charge in [0.15, 0.2) is 0 Å². The Labute approximate surface area is 226 Å². The van der Waals surface area contributed by atoms with Crippen molar-refractivity contribution in [1.82, 2.24) is 0 Å². The van der Waals surface area contributed by atoms with Crippen LogP contribution in [0.5, 0.6) is 0 Å². The first kappa shape index (κ1) is 27.8. The molecule has 2 aliphatic rings. The molecule has 0 unspecified atom stereocenters. The van der Waals surface area contributed by atoms with Crippen LogP contribution in [0.4, 0.5) is 5.69 Å². The summed E-state index contributed by atoms with van der Waals surface area (Å²) in [5, 5.41) is 2.30. The van der Waals surface area contributed by atoms with E-state index in [2.05, 4.69) is 65.8 Å². The summed E-state index contributed by atoms with van der Waals surface area (Å²) in [4.78, 5) is 2.08. The highest BCUT2D eigenvalue weighted by Gasteiger charge is 2.00. The van der Waals surface area contributed by atoms with Crippen molar-refractivity contribution in [3.8, 4) is 0 Å².